The van der Waals surface area contributed by atoms with Gasteiger partial charge in [0.1, 0.15) is 5.65 Å². The second kappa shape index (κ2) is 12.3. The average molecular weight is 547 g/mol. The summed E-state index contributed by atoms with van der Waals surface area (Å²) < 4.78 is 12.4. The van der Waals surface area contributed by atoms with Crippen LogP contribution in [0.3, 0.4) is 0 Å². The van der Waals surface area contributed by atoms with Crippen LogP contribution in [0.5, 0.6) is 0 Å². The highest BCUT2D eigenvalue weighted by Crippen LogP contribution is 2.34. The first-order valence-corrected chi connectivity index (χ1v) is 13.4. The van der Waals surface area contributed by atoms with Crippen LogP contribution in [-0.4, -0.2) is 41.8 Å². The average Bonchev–Trinajstić information content (AvgIpc) is 3.60. The summed E-state index contributed by atoms with van der Waals surface area (Å²) >= 11 is 6.33. The number of ether oxygens (including phenoxy) is 2. The molecule has 0 radical (unpaired) electrons. The van der Waals surface area contributed by atoms with E-state index in [1.807, 2.05) is 53.1 Å². The molecule has 8 nitrogen and oxygen atoms in total. The van der Waals surface area contributed by atoms with Crippen LogP contribution in [0, 0.1) is 5.92 Å². The third-order valence-electron chi connectivity index (χ3n) is 6.96. The number of amides is 1. The zero-order chi connectivity index (χ0) is 27.2. The number of anilines is 2. The molecule has 0 unspecified atom stereocenters. The first kappa shape index (κ1) is 26.7. The Labute approximate surface area is 232 Å². The van der Waals surface area contributed by atoms with E-state index < -0.39 is 5.97 Å². The standard InChI is InChI=1S/C30H31ClN4O4/c1-38-30(37)27-26(34-29(36)22-13-15-39-19-22)24-16-23(32-17-21-11-5-6-12-25(21)31)18-33-28(24)35(27)14-7-10-20-8-3-2-4-9-20/h2-6,8-9,11-12,16,18,22,32H,7,10,13-15,17,19H2,1H3,(H,34,36)/t22-/m0/s1. The molecule has 4 aromatic rings. The van der Waals surface area contributed by atoms with Crippen LogP contribution in [0.15, 0.2) is 66.9 Å². The van der Waals surface area contributed by atoms with Crippen molar-refractivity contribution in [2.75, 3.05) is 31.0 Å². The Morgan fingerprint density at radius 1 is 1.15 bits per heavy atom. The van der Waals surface area contributed by atoms with Crippen LogP contribution < -0.4 is 10.6 Å². The summed E-state index contributed by atoms with van der Waals surface area (Å²) in [5.41, 5.74) is 4.18. The minimum absolute atomic E-state index is 0.185. The Morgan fingerprint density at radius 2 is 1.95 bits per heavy atom. The Morgan fingerprint density at radius 3 is 2.69 bits per heavy atom. The van der Waals surface area contributed by atoms with Crippen molar-refractivity contribution in [2.45, 2.75) is 32.4 Å². The molecule has 0 bridgehead atoms. The van der Waals surface area contributed by atoms with E-state index in [0.29, 0.717) is 54.5 Å². The molecule has 0 aliphatic carbocycles. The predicted molar refractivity (Wildman–Crippen MR) is 152 cm³/mol. The molecular formula is C30H31ClN4O4. The van der Waals surface area contributed by atoms with Crippen LogP contribution in [-0.2, 0) is 33.8 Å². The van der Waals surface area contributed by atoms with Crippen molar-refractivity contribution in [3.8, 4) is 0 Å². The number of rotatable bonds is 10. The molecule has 1 saturated heterocycles. The van der Waals surface area contributed by atoms with Crippen molar-refractivity contribution >= 4 is 45.9 Å². The molecule has 2 aromatic carbocycles. The molecule has 5 rings (SSSR count). The number of benzene rings is 2. The highest BCUT2D eigenvalue weighted by molar-refractivity contribution is 6.31. The third-order valence-corrected chi connectivity index (χ3v) is 7.33. The minimum Gasteiger partial charge on any atom is -0.464 e. The predicted octanol–water partition coefficient (Wildman–Crippen LogP) is 5.70. The molecule has 1 amide bonds. The summed E-state index contributed by atoms with van der Waals surface area (Å²) in [5, 5.41) is 7.71. The molecule has 0 spiro atoms. The summed E-state index contributed by atoms with van der Waals surface area (Å²) in [4.78, 5) is 31.0. The van der Waals surface area contributed by atoms with Crippen LogP contribution in [0.25, 0.3) is 11.0 Å². The van der Waals surface area contributed by atoms with Crippen LogP contribution in [0.4, 0.5) is 11.4 Å². The van der Waals surface area contributed by atoms with Gasteiger partial charge in [-0.25, -0.2) is 9.78 Å². The van der Waals surface area contributed by atoms with Gasteiger partial charge in [-0.2, -0.15) is 0 Å². The number of nitrogens with one attached hydrogen (secondary N) is 2. The zero-order valence-electron chi connectivity index (χ0n) is 21.8. The highest BCUT2D eigenvalue weighted by Gasteiger charge is 2.29. The van der Waals surface area contributed by atoms with E-state index >= 15 is 0 Å². The molecule has 1 fully saturated rings. The normalized spacial score (nSPS) is 14.9. The van der Waals surface area contributed by atoms with Gasteiger partial charge in [-0.3, -0.25) is 4.79 Å². The van der Waals surface area contributed by atoms with E-state index in [1.54, 1.807) is 6.20 Å². The van der Waals surface area contributed by atoms with Gasteiger partial charge in [0.25, 0.3) is 0 Å². The lowest BCUT2D eigenvalue weighted by molar-refractivity contribution is -0.119. The molecule has 1 atom stereocenters. The lowest BCUT2D eigenvalue weighted by Gasteiger charge is -2.12. The monoisotopic (exact) mass is 546 g/mol. The Kier molecular flexibility index (Phi) is 8.44. The van der Waals surface area contributed by atoms with E-state index in [4.69, 9.17) is 26.1 Å². The molecule has 3 heterocycles. The first-order chi connectivity index (χ1) is 19.0. The minimum atomic E-state index is -0.531. The molecule has 39 heavy (non-hydrogen) atoms. The lowest BCUT2D eigenvalue weighted by Crippen LogP contribution is -2.24. The maximum Gasteiger partial charge on any atom is 0.356 e. The van der Waals surface area contributed by atoms with E-state index in [1.165, 1.54) is 12.7 Å². The quantitative estimate of drug-likeness (QED) is 0.248. The fraction of sp³-hybridized carbons (Fsp3) is 0.300. The van der Waals surface area contributed by atoms with Gasteiger partial charge in [-0.1, -0.05) is 60.1 Å². The van der Waals surface area contributed by atoms with Gasteiger partial charge in [0.2, 0.25) is 5.91 Å². The maximum atomic E-state index is 13.2. The maximum absolute atomic E-state index is 13.2. The fourth-order valence-corrected chi connectivity index (χ4v) is 5.07. The van der Waals surface area contributed by atoms with E-state index in [2.05, 4.69) is 22.8 Å². The number of nitrogens with zero attached hydrogens (tertiary/aromatic N) is 2. The van der Waals surface area contributed by atoms with Crippen LogP contribution in [0.2, 0.25) is 5.02 Å². The van der Waals surface area contributed by atoms with Crippen molar-refractivity contribution in [2.24, 2.45) is 5.92 Å². The first-order valence-electron chi connectivity index (χ1n) is 13.1. The van der Waals surface area contributed by atoms with Gasteiger partial charge in [-0.15, -0.1) is 0 Å². The zero-order valence-corrected chi connectivity index (χ0v) is 22.5. The molecule has 202 valence electrons. The molecule has 1 aliphatic heterocycles. The second-order valence-corrected chi connectivity index (χ2v) is 9.95. The molecule has 2 N–H and O–H groups in total. The summed E-state index contributed by atoms with van der Waals surface area (Å²) in [6, 6.07) is 19.7. The van der Waals surface area contributed by atoms with Crippen molar-refractivity contribution in [1.29, 1.82) is 0 Å². The van der Waals surface area contributed by atoms with Gasteiger partial charge < -0.3 is 24.7 Å². The van der Waals surface area contributed by atoms with Gasteiger partial charge in [0.05, 0.1) is 37.2 Å². The Balaban J connectivity index is 1.50. The number of fused-ring (bicyclic) bond motifs is 1. The molecule has 2 aromatic heterocycles. The highest BCUT2D eigenvalue weighted by atomic mass is 35.5. The van der Waals surface area contributed by atoms with E-state index in [-0.39, 0.29) is 17.5 Å². The number of methoxy groups -OCH3 is 1. The number of hydrogen-bond acceptors (Lipinski definition) is 6. The number of carbonyl (C=O) groups is 2. The van der Waals surface area contributed by atoms with Gasteiger partial charge in [0.15, 0.2) is 5.69 Å². The van der Waals surface area contributed by atoms with Gasteiger partial charge in [-0.05, 0) is 42.5 Å². The third kappa shape index (κ3) is 6.08. The van der Waals surface area contributed by atoms with Gasteiger partial charge in [0, 0.05) is 30.1 Å². The van der Waals surface area contributed by atoms with Gasteiger partial charge >= 0.3 is 5.97 Å². The van der Waals surface area contributed by atoms with E-state index in [0.717, 1.165) is 24.1 Å². The van der Waals surface area contributed by atoms with E-state index in [9.17, 15) is 9.59 Å². The smallest absolute Gasteiger partial charge is 0.356 e. The molecule has 9 heteroatoms. The van der Waals surface area contributed by atoms with Crippen molar-refractivity contribution < 1.29 is 19.1 Å². The lowest BCUT2D eigenvalue weighted by atomic mass is 10.1. The topological polar surface area (TPSA) is 94.5 Å². The summed E-state index contributed by atoms with van der Waals surface area (Å²) in [6.07, 6.45) is 3.97. The number of aromatic nitrogens is 2. The van der Waals surface area contributed by atoms with Crippen molar-refractivity contribution in [3.63, 3.8) is 0 Å². The number of halogens is 1. The van der Waals surface area contributed by atoms with Crippen molar-refractivity contribution in [1.82, 2.24) is 9.55 Å². The van der Waals surface area contributed by atoms with Crippen LogP contribution >= 0.6 is 11.6 Å². The number of carbonyl (C=O) groups excluding carboxylic acids is 2. The fourth-order valence-electron chi connectivity index (χ4n) is 4.87. The summed E-state index contributed by atoms with van der Waals surface area (Å²) in [6.45, 7) is 1.92. The second-order valence-electron chi connectivity index (χ2n) is 9.55. The number of pyridine rings is 1. The summed E-state index contributed by atoms with van der Waals surface area (Å²) in [5.74, 6) is -0.992. The number of aryl methyl sites for hydroxylation is 2. The molecule has 0 saturated carbocycles. The van der Waals surface area contributed by atoms with Crippen molar-refractivity contribution in [3.05, 3.63) is 88.7 Å². The Hall–Kier alpha value is -3.88. The summed E-state index contributed by atoms with van der Waals surface area (Å²) in [7, 11) is 1.34. The molecular weight excluding hydrogens is 516 g/mol. The Bertz CT molecular complexity index is 1460. The largest absolute Gasteiger partial charge is 0.464 e. The van der Waals surface area contributed by atoms with Crippen LogP contribution in [0.1, 0.15) is 34.5 Å². The number of esters is 1. The number of hydrogen-bond donors (Lipinski definition) is 2. The molecule has 1 aliphatic rings. The SMILES string of the molecule is COC(=O)c1c(NC(=O)[C@H]2CCOC2)c2cc(NCc3ccccc3Cl)cnc2n1CCCc1ccccc1.